The first-order chi connectivity index (χ1) is 12.1. The molecule has 0 radical (unpaired) electrons. The number of hydrogen-bond acceptors (Lipinski definition) is 3. The van der Waals surface area contributed by atoms with Crippen LogP contribution in [0.25, 0.3) is 0 Å². The Morgan fingerprint density at radius 2 is 1.80 bits per heavy atom. The van der Waals surface area contributed by atoms with E-state index in [1.165, 1.54) is 0 Å². The summed E-state index contributed by atoms with van der Waals surface area (Å²) in [5, 5.41) is 9.62. The molecule has 1 aliphatic carbocycles. The molecule has 1 N–H and O–H groups in total. The lowest BCUT2D eigenvalue weighted by Gasteiger charge is -2.28. The minimum Gasteiger partial charge on any atom is -0.496 e. The van der Waals surface area contributed by atoms with Crippen molar-refractivity contribution in [3.05, 3.63) is 34.9 Å². The summed E-state index contributed by atoms with van der Waals surface area (Å²) in [5.41, 5.74) is 3.29. The van der Waals surface area contributed by atoms with Gasteiger partial charge in [-0.15, -0.1) is 5.92 Å². The molecule has 1 aromatic carbocycles. The average molecular weight is 342 g/mol. The van der Waals surface area contributed by atoms with Crippen LogP contribution < -0.4 is 9.47 Å². The molecule has 0 aliphatic heterocycles. The summed E-state index contributed by atoms with van der Waals surface area (Å²) in [6.07, 6.45) is 7.00. The second-order valence-corrected chi connectivity index (χ2v) is 6.68. The van der Waals surface area contributed by atoms with Gasteiger partial charge in [0.15, 0.2) is 0 Å². The fourth-order valence-corrected chi connectivity index (χ4v) is 3.40. The molecular weight excluding hydrogens is 312 g/mol. The Morgan fingerprint density at radius 3 is 2.36 bits per heavy atom. The third-order valence-electron chi connectivity index (χ3n) is 4.91. The predicted molar refractivity (Wildman–Crippen MR) is 102 cm³/mol. The fraction of sp³-hybridized carbons (Fsp3) is 0.545. The van der Waals surface area contributed by atoms with Gasteiger partial charge in [0.1, 0.15) is 11.5 Å². The van der Waals surface area contributed by atoms with Crippen LogP contribution in [0.5, 0.6) is 11.5 Å². The zero-order valence-corrected chi connectivity index (χ0v) is 15.9. The lowest BCUT2D eigenvalue weighted by atomic mass is 9.79. The van der Waals surface area contributed by atoms with Gasteiger partial charge in [-0.05, 0) is 48.4 Å². The molecule has 0 spiro atoms. The maximum absolute atomic E-state index is 9.62. The van der Waals surface area contributed by atoms with Crippen LogP contribution in [0.2, 0.25) is 0 Å². The Balaban J connectivity index is 2.38. The molecular formula is C22H30O3. The number of allylic oxidation sites excluding steroid dienone is 1. The van der Waals surface area contributed by atoms with Crippen molar-refractivity contribution in [2.45, 2.75) is 51.9 Å². The molecule has 0 bridgehead atoms. The first-order valence-electron chi connectivity index (χ1n) is 9.16. The van der Waals surface area contributed by atoms with Gasteiger partial charge in [-0.3, -0.25) is 0 Å². The van der Waals surface area contributed by atoms with Gasteiger partial charge in [0.05, 0.1) is 20.8 Å². The van der Waals surface area contributed by atoms with Crippen molar-refractivity contribution in [3.63, 3.8) is 0 Å². The zero-order valence-electron chi connectivity index (χ0n) is 15.9. The van der Waals surface area contributed by atoms with Crippen LogP contribution in [-0.4, -0.2) is 25.9 Å². The number of methoxy groups -OCH3 is 2. The van der Waals surface area contributed by atoms with Gasteiger partial charge in [0, 0.05) is 24.3 Å². The molecule has 1 aromatic rings. The number of hydrogen-bond donors (Lipinski definition) is 1. The van der Waals surface area contributed by atoms with E-state index in [0.717, 1.165) is 53.9 Å². The molecule has 2 rings (SSSR count). The van der Waals surface area contributed by atoms with E-state index in [9.17, 15) is 5.11 Å². The number of aliphatic hydroxyl groups is 1. The van der Waals surface area contributed by atoms with Crippen molar-refractivity contribution >= 4 is 0 Å². The summed E-state index contributed by atoms with van der Waals surface area (Å²) in [6.45, 7) is 4.42. The molecule has 3 nitrogen and oxygen atoms in total. The van der Waals surface area contributed by atoms with Gasteiger partial charge in [0.2, 0.25) is 0 Å². The number of ether oxygens (including phenoxy) is 2. The quantitative estimate of drug-likeness (QED) is 0.612. The van der Waals surface area contributed by atoms with Gasteiger partial charge < -0.3 is 14.6 Å². The Labute approximate surface area is 152 Å². The van der Waals surface area contributed by atoms with Gasteiger partial charge >= 0.3 is 0 Å². The molecule has 2 unspecified atom stereocenters. The summed E-state index contributed by atoms with van der Waals surface area (Å²) in [6, 6.07) is 4.14. The molecule has 0 saturated carbocycles. The highest BCUT2D eigenvalue weighted by molar-refractivity contribution is 5.52. The number of unbranched alkanes of at least 4 members (excludes halogenated alkanes) is 1. The summed E-state index contributed by atoms with van der Waals surface area (Å²) in [7, 11) is 3.40. The first kappa shape index (κ1) is 19.4. The van der Waals surface area contributed by atoms with E-state index >= 15 is 0 Å². The first-order valence-corrected chi connectivity index (χ1v) is 9.16. The van der Waals surface area contributed by atoms with E-state index in [1.807, 2.05) is 0 Å². The van der Waals surface area contributed by atoms with Crippen molar-refractivity contribution in [3.8, 4) is 23.3 Å². The van der Waals surface area contributed by atoms with Crippen LogP contribution >= 0.6 is 0 Å². The lowest BCUT2D eigenvalue weighted by Crippen LogP contribution is -2.14. The largest absolute Gasteiger partial charge is 0.496 e. The molecule has 25 heavy (non-hydrogen) atoms. The highest BCUT2D eigenvalue weighted by Crippen LogP contribution is 2.43. The fourth-order valence-electron chi connectivity index (χ4n) is 3.40. The normalized spacial score (nSPS) is 19.6. The number of benzene rings is 1. The molecule has 0 amide bonds. The van der Waals surface area contributed by atoms with Crippen molar-refractivity contribution in [1.29, 1.82) is 0 Å². The maximum atomic E-state index is 9.62. The minimum absolute atomic E-state index is 0.118. The second kappa shape index (κ2) is 9.53. The van der Waals surface area contributed by atoms with E-state index in [-0.39, 0.29) is 12.5 Å². The maximum Gasteiger partial charge on any atom is 0.126 e. The molecule has 0 aromatic heterocycles. The van der Waals surface area contributed by atoms with E-state index in [2.05, 4.69) is 43.9 Å². The average Bonchev–Trinajstić information content (AvgIpc) is 2.65. The molecule has 0 saturated heterocycles. The van der Waals surface area contributed by atoms with Crippen LogP contribution in [0, 0.1) is 17.8 Å². The number of aliphatic hydroxyl groups excluding tert-OH is 1. The summed E-state index contributed by atoms with van der Waals surface area (Å²) in [5.74, 6) is 8.75. The van der Waals surface area contributed by atoms with Crippen molar-refractivity contribution in [2.75, 3.05) is 20.8 Å². The minimum atomic E-state index is 0.118. The topological polar surface area (TPSA) is 38.7 Å². The van der Waals surface area contributed by atoms with E-state index in [0.29, 0.717) is 12.3 Å². The highest BCUT2D eigenvalue weighted by Gasteiger charge is 2.26. The smallest absolute Gasteiger partial charge is 0.126 e. The molecule has 0 fully saturated rings. The monoisotopic (exact) mass is 342 g/mol. The highest BCUT2D eigenvalue weighted by atomic mass is 16.5. The van der Waals surface area contributed by atoms with Gasteiger partial charge in [-0.25, -0.2) is 0 Å². The third-order valence-corrected chi connectivity index (χ3v) is 4.91. The second-order valence-electron chi connectivity index (χ2n) is 6.68. The Bertz CT molecular complexity index is 639. The Hall–Kier alpha value is -1.92. The Kier molecular flexibility index (Phi) is 7.40. The van der Waals surface area contributed by atoms with Crippen molar-refractivity contribution < 1.29 is 14.6 Å². The summed E-state index contributed by atoms with van der Waals surface area (Å²) >= 11 is 0. The van der Waals surface area contributed by atoms with Gasteiger partial charge in [-0.2, -0.15) is 0 Å². The van der Waals surface area contributed by atoms with E-state index < -0.39 is 0 Å². The van der Waals surface area contributed by atoms with E-state index in [1.54, 1.807) is 14.2 Å². The summed E-state index contributed by atoms with van der Waals surface area (Å²) < 4.78 is 11.4. The molecule has 2 atom stereocenters. The van der Waals surface area contributed by atoms with Crippen LogP contribution in [0.3, 0.4) is 0 Å². The van der Waals surface area contributed by atoms with Crippen molar-refractivity contribution in [1.82, 2.24) is 0 Å². The van der Waals surface area contributed by atoms with Crippen LogP contribution in [-0.2, 0) is 6.42 Å². The van der Waals surface area contributed by atoms with Crippen LogP contribution in [0.4, 0.5) is 0 Å². The molecule has 1 aliphatic rings. The molecule has 136 valence electrons. The predicted octanol–water partition coefficient (Wildman–Crippen LogP) is 4.48. The van der Waals surface area contributed by atoms with Crippen molar-refractivity contribution in [2.24, 2.45) is 5.92 Å². The SMILES string of the molecule is CCCC#CCc1cc(OC)c(C2C=C(CO)C(C)CC2)c(OC)c1. The van der Waals surface area contributed by atoms with Gasteiger partial charge in [-0.1, -0.05) is 25.8 Å². The zero-order chi connectivity index (χ0) is 18.2. The lowest BCUT2D eigenvalue weighted by molar-refractivity contribution is 0.304. The third kappa shape index (κ3) is 4.80. The summed E-state index contributed by atoms with van der Waals surface area (Å²) in [4.78, 5) is 0. The standard InChI is InChI=1S/C22H30O3/c1-5-6-7-8-9-17-12-20(24-3)22(21(13-17)25-4)18-11-10-16(2)19(14-18)15-23/h12-14,16,18,23H,5-6,9-11,15H2,1-4H3. The van der Waals surface area contributed by atoms with E-state index in [4.69, 9.17) is 9.47 Å². The Morgan fingerprint density at radius 1 is 1.12 bits per heavy atom. The van der Waals surface area contributed by atoms with Gasteiger partial charge in [0.25, 0.3) is 0 Å². The van der Waals surface area contributed by atoms with Crippen LogP contribution in [0.15, 0.2) is 23.8 Å². The van der Waals surface area contributed by atoms with Crippen LogP contribution in [0.1, 0.15) is 56.6 Å². The number of rotatable bonds is 6. The molecule has 0 heterocycles. The molecule has 3 heteroatoms.